The molecular weight excluding hydrogens is 204 g/mol. The molecule has 4 heteroatoms. The van der Waals surface area contributed by atoms with Crippen molar-refractivity contribution in [1.82, 2.24) is 10.2 Å². The standard InChI is InChI=1S/C9H13ClN2S/c1-6-3-2-4-7(5-6)8-11-12-9(10)13-8/h6-7H,2-5H2,1H3. The summed E-state index contributed by atoms with van der Waals surface area (Å²) in [5.41, 5.74) is 0. The number of halogens is 1. The molecule has 0 amide bonds. The Morgan fingerprint density at radius 2 is 2.23 bits per heavy atom. The molecule has 0 spiro atoms. The van der Waals surface area contributed by atoms with Crippen LogP contribution in [0.15, 0.2) is 0 Å². The van der Waals surface area contributed by atoms with Gasteiger partial charge in [-0.05, 0) is 30.4 Å². The Labute approximate surface area is 87.3 Å². The van der Waals surface area contributed by atoms with Gasteiger partial charge in [0.15, 0.2) is 0 Å². The van der Waals surface area contributed by atoms with E-state index in [9.17, 15) is 0 Å². The average molecular weight is 217 g/mol. The average Bonchev–Trinajstić information content (AvgIpc) is 2.52. The van der Waals surface area contributed by atoms with Gasteiger partial charge >= 0.3 is 0 Å². The van der Waals surface area contributed by atoms with E-state index in [4.69, 9.17) is 11.6 Å². The molecule has 0 radical (unpaired) electrons. The van der Waals surface area contributed by atoms with Gasteiger partial charge in [0, 0.05) is 5.92 Å². The van der Waals surface area contributed by atoms with E-state index in [-0.39, 0.29) is 0 Å². The van der Waals surface area contributed by atoms with Crippen LogP contribution in [-0.2, 0) is 0 Å². The van der Waals surface area contributed by atoms with E-state index in [1.165, 1.54) is 37.0 Å². The molecule has 0 saturated heterocycles. The minimum absolute atomic E-state index is 0.577. The summed E-state index contributed by atoms with van der Waals surface area (Å²) >= 11 is 7.30. The van der Waals surface area contributed by atoms with Crippen LogP contribution in [0.3, 0.4) is 0 Å². The molecule has 2 nitrogen and oxygen atoms in total. The van der Waals surface area contributed by atoms with Crippen LogP contribution in [0.4, 0.5) is 0 Å². The van der Waals surface area contributed by atoms with Crippen molar-refractivity contribution in [2.45, 2.75) is 38.5 Å². The van der Waals surface area contributed by atoms with Crippen LogP contribution in [0.1, 0.15) is 43.5 Å². The zero-order valence-electron chi connectivity index (χ0n) is 7.66. The van der Waals surface area contributed by atoms with E-state index in [2.05, 4.69) is 17.1 Å². The number of aromatic nitrogens is 2. The molecule has 1 fully saturated rings. The van der Waals surface area contributed by atoms with Gasteiger partial charge in [0.25, 0.3) is 0 Å². The van der Waals surface area contributed by atoms with Gasteiger partial charge in [0.05, 0.1) is 0 Å². The highest BCUT2D eigenvalue weighted by Crippen LogP contribution is 2.37. The molecule has 13 heavy (non-hydrogen) atoms. The molecule has 1 aliphatic rings. The van der Waals surface area contributed by atoms with Crippen molar-refractivity contribution in [2.24, 2.45) is 5.92 Å². The first-order chi connectivity index (χ1) is 6.25. The minimum Gasteiger partial charge on any atom is -0.142 e. The Bertz CT molecular complexity index is 287. The lowest BCUT2D eigenvalue weighted by Crippen LogP contribution is -2.11. The van der Waals surface area contributed by atoms with Crippen LogP contribution in [0, 0.1) is 5.92 Å². The molecule has 1 heterocycles. The van der Waals surface area contributed by atoms with Gasteiger partial charge in [0.1, 0.15) is 5.01 Å². The Morgan fingerprint density at radius 3 is 2.85 bits per heavy atom. The van der Waals surface area contributed by atoms with Gasteiger partial charge in [-0.2, -0.15) is 0 Å². The molecule has 2 rings (SSSR count). The van der Waals surface area contributed by atoms with Gasteiger partial charge in [0.2, 0.25) is 4.47 Å². The molecule has 0 aromatic carbocycles. The predicted octanol–water partition coefficient (Wildman–Crippen LogP) is 3.49. The van der Waals surface area contributed by atoms with Gasteiger partial charge in [-0.1, -0.05) is 31.1 Å². The third kappa shape index (κ3) is 2.20. The molecule has 2 atom stereocenters. The fraction of sp³-hybridized carbons (Fsp3) is 0.778. The van der Waals surface area contributed by atoms with Crippen molar-refractivity contribution in [3.63, 3.8) is 0 Å². The molecule has 1 saturated carbocycles. The van der Waals surface area contributed by atoms with E-state index in [0.717, 1.165) is 10.9 Å². The summed E-state index contributed by atoms with van der Waals surface area (Å²) in [5.74, 6) is 1.45. The molecule has 0 bridgehead atoms. The quantitative estimate of drug-likeness (QED) is 0.718. The lowest BCUT2D eigenvalue weighted by atomic mass is 9.83. The number of rotatable bonds is 1. The maximum Gasteiger partial charge on any atom is 0.207 e. The zero-order valence-corrected chi connectivity index (χ0v) is 9.24. The zero-order chi connectivity index (χ0) is 9.26. The third-order valence-corrected chi connectivity index (χ3v) is 3.88. The van der Waals surface area contributed by atoms with E-state index in [0.29, 0.717) is 10.4 Å². The van der Waals surface area contributed by atoms with E-state index in [1.807, 2.05) is 0 Å². The highest BCUT2D eigenvalue weighted by atomic mass is 35.5. The second-order valence-corrected chi connectivity index (χ2v) is 5.45. The van der Waals surface area contributed by atoms with Crippen molar-refractivity contribution in [3.8, 4) is 0 Å². The SMILES string of the molecule is CC1CCCC(c2nnc(Cl)s2)C1. The van der Waals surface area contributed by atoms with Crippen molar-refractivity contribution in [3.05, 3.63) is 9.47 Å². The largest absolute Gasteiger partial charge is 0.207 e. The van der Waals surface area contributed by atoms with Crippen LogP contribution in [-0.4, -0.2) is 10.2 Å². The molecule has 1 aromatic rings. The number of hydrogen-bond donors (Lipinski definition) is 0. The summed E-state index contributed by atoms with van der Waals surface area (Å²) in [6.07, 6.45) is 5.20. The van der Waals surface area contributed by atoms with Crippen LogP contribution < -0.4 is 0 Å². The second-order valence-electron chi connectivity index (χ2n) is 3.86. The summed E-state index contributed by atoms with van der Waals surface area (Å²) in [7, 11) is 0. The summed E-state index contributed by atoms with van der Waals surface area (Å²) in [5, 5.41) is 9.10. The minimum atomic E-state index is 0.577. The topological polar surface area (TPSA) is 25.8 Å². The van der Waals surface area contributed by atoms with Crippen LogP contribution >= 0.6 is 22.9 Å². The van der Waals surface area contributed by atoms with Crippen molar-refractivity contribution in [1.29, 1.82) is 0 Å². The third-order valence-electron chi connectivity index (χ3n) is 2.70. The first-order valence-electron chi connectivity index (χ1n) is 4.74. The summed E-state index contributed by atoms with van der Waals surface area (Å²) in [4.78, 5) is 0. The maximum atomic E-state index is 5.76. The highest BCUT2D eigenvalue weighted by molar-refractivity contribution is 7.15. The number of hydrogen-bond acceptors (Lipinski definition) is 3. The van der Waals surface area contributed by atoms with Gasteiger partial charge < -0.3 is 0 Å². The monoisotopic (exact) mass is 216 g/mol. The lowest BCUT2D eigenvalue weighted by molar-refractivity contribution is 0.342. The Kier molecular flexibility index (Phi) is 2.84. The fourth-order valence-electron chi connectivity index (χ4n) is 2.04. The summed E-state index contributed by atoms with van der Waals surface area (Å²) in [6, 6.07) is 0. The molecule has 1 aliphatic carbocycles. The van der Waals surface area contributed by atoms with Gasteiger partial charge in [-0.15, -0.1) is 10.2 Å². The van der Waals surface area contributed by atoms with Crippen LogP contribution in [0.2, 0.25) is 4.47 Å². The lowest BCUT2D eigenvalue weighted by Gasteiger charge is -2.24. The van der Waals surface area contributed by atoms with Crippen LogP contribution in [0.5, 0.6) is 0 Å². The number of nitrogens with zero attached hydrogens (tertiary/aromatic N) is 2. The first kappa shape index (κ1) is 9.41. The molecule has 1 aromatic heterocycles. The summed E-state index contributed by atoms with van der Waals surface area (Å²) < 4.78 is 0.577. The fourth-order valence-corrected chi connectivity index (χ4v) is 3.03. The van der Waals surface area contributed by atoms with E-state index < -0.39 is 0 Å². The Balaban J connectivity index is 2.08. The van der Waals surface area contributed by atoms with Gasteiger partial charge in [-0.25, -0.2) is 0 Å². The second kappa shape index (κ2) is 3.93. The van der Waals surface area contributed by atoms with E-state index in [1.54, 1.807) is 0 Å². The Morgan fingerprint density at radius 1 is 1.38 bits per heavy atom. The molecule has 0 aliphatic heterocycles. The maximum absolute atomic E-state index is 5.76. The van der Waals surface area contributed by atoms with Crippen LogP contribution in [0.25, 0.3) is 0 Å². The van der Waals surface area contributed by atoms with Gasteiger partial charge in [-0.3, -0.25) is 0 Å². The smallest absolute Gasteiger partial charge is 0.142 e. The van der Waals surface area contributed by atoms with Crippen molar-refractivity contribution >= 4 is 22.9 Å². The molecule has 72 valence electrons. The normalized spacial score (nSPS) is 29.1. The first-order valence-corrected chi connectivity index (χ1v) is 5.94. The van der Waals surface area contributed by atoms with Crippen molar-refractivity contribution < 1.29 is 0 Å². The Hall–Kier alpha value is -0.150. The molecule has 2 unspecified atom stereocenters. The summed E-state index contributed by atoms with van der Waals surface area (Å²) in [6.45, 7) is 2.31. The van der Waals surface area contributed by atoms with Crippen molar-refractivity contribution in [2.75, 3.05) is 0 Å². The highest BCUT2D eigenvalue weighted by Gasteiger charge is 2.23. The van der Waals surface area contributed by atoms with E-state index >= 15 is 0 Å². The predicted molar refractivity (Wildman–Crippen MR) is 55.3 cm³/mol. The molecular formula is C9H13ClN2S. The molecule has 0 N–H and O–H groups in total.